The van der Waals surface area contributed by atoms with Crippen molar-refractivity contribution in [2.24, 2.45) is 0 Å². The lowest BCUT2D eigenvalue weighted by atomic mass is 10.1. The quantitative estimate of drug-likeness (QED) is 0.198. The summed E-state index contributed by atoms with van der Waals surface area (Å²) in [6, 6.07) is 12.7. The summed E-state index contributed by atoms with van der Waals surface area (Å²) < 4.78 is 16.3. The standard InChI is InChI=1S/C29H37NO6/c1-3-5-6-7-8-9-21-35-24-16-14-23(15-17-24)28(32)36-25-18-12-22(13-19-25)27(31)30-20-10-11-26(30)29(33)34-4-2/h12-19,26H,3-11,20-21H2,1-2H3/t26-/m0/s1. The highest BCUT2D eigenvalue weighted by Crippen LogP contribution is 2.23. The van der Waals surface area contributed by atoms with Crippen LogP contribution in [0.1, 0.15) is 85.9 Å². The fraction of sp³-hybridized carbons (Fsp3) is 0.483. The minimum absolute atomic E-state index is 0.236. The van der Waals surface area contributed by atoms with Crippen LogP contribution in [0.3, 0.4) is 0 Å². The maximum absolute atomic E-state index is 12.9. The Bertz CT molecular complexity index is 986. The highest BCUT2D eigenvalue weighted by atomic mass is 16.5. The first-order valence-electron chi connectivity index (χ1n) is 13.1. The Labute approximate surface area is 213 Å². The fourth-order valence-electron chi connectivity index (χ4n) is 4.25. The van der Waals surface area contributed by atoms with Crippen LogP contribution in [0, 0.1) is 0 Å². The highest BCUT2D eigenvalue weighted by Gasteiger charge is 2.35. The predicted molar refractivity (Wildman–Crippen MR) is 137 cm³/mol. The van der Waals surface area contributed by atoms with Gasteiger partial charge in [0.2, 0.25) is 0 Å². The van der Waals surface area contributed by atoms with Crippen molar-refractivity contribution in [2.45, 2.75) is 71.3 Å². The molecule has 1 amide bonds. The molecule has 3 rings (SSSR count). The molecule has 1 aliphatic rings. The summed E-state index contributed by atoms with van der Waals surface area (Å²) in [6.07, 6.45) is 8.60. The second-order valence-electron chi connectivity index (χ2n) is 8.96. The van der Waals surface area contributed by atoms with Gasteiger partial charge < -0.3 is 19.1 Å². The summed E-state index contributed by atoms with van der Waals surface area (Å²) in [5, 5.41) is 0. The van der Waals surface area contributed by atoms with Crippen molar-refractivity contribution in [2.75, 3.05) is 19.8 Å². The van der Waals surface area contributed by atoms with Gasteiger partial charge in [0.05, 0.1) is 18.8 Å². The summed E-state index contributed by atoms with van der Waals surface area (Å²) in [5.74, 6) is -0.0273. The molecule has 2 aromatic carbocycles. The lowest BCUT2D eigenvalue weighted by molar-refractivity contribution is -0.147. The zero-order valence-electron chi connectivity index (χ0n) is 21.4. The monoisotopic (exact) mass is 495 g/mol. The molecule has 36 heavy (non-hydrogen) atoms. The Morgan fingerprint density at radius 1 is 0.833 bits per heavy atom. The lowest BCUT2D eigenvalue weighted by Gasteiger charge is -2.23. The van der Waals surface area contributed by atoms with Gasteiger partial charge in [-0.2, -0.15) is 0 Å². The van der Waals surface area contributed by atoms with Crippen molar-refractivity contribution >= 4 is 17.8 Å². The van der Waals surface area contributed by atoms with Crippen molar-refractivity contribution in [1.82, 2.24) is 4.90 Å². The number of carbonyl (C=O) groups is 3. The second-order valence-corrected chi connectivity index (χ2v) is 8.96. The zero-order valence-corrected chi connectivity index (χ0v) is 21.4. The van der Waals surface area contributed by atoms with Crippen LogP contribution < -0.4 is 9.47 Å². The number of esters is 2. The molecule has 194 valence electrons. The molecular weight excluding hydrogens is 458 g/mol. The molecule has 7 nitrogen and oxygen atoms in total. The molecule has 0 radical (unpaired) electrons. The first kappa shape index (κ1) is 27.2. The smallest absolute Gasteiger partial charge is 0.343 e. The van der Waals surface area contributed by atoms with E-state index in [-0.39, 0.29) is 18.5 Å². The van der Waals surface area contributed by atoms with Gasteiger partial charge in [-0.15, -0.1) is 0 Å². The molecule has 1 aliphatic heterocycles. The topological polar surface area (TPSA) is 82.1 Å². The summed E-state index contributed by atoms with van der Waals surface area (Å²) in [7, 11) is 0. The van der Waals surface area contributed by atoms with Gasteiger partial charge in [-0.25, -0.2) is 9.59 Å². The van der Waals surface area contributed by atoms with Crippen LogP contribution in [0.15, 0.2) is 48.5 Å². The minimum Gasteiger partial charge on any atom is -0.494 e. The van der Waals surface area contributed by atoms with Crippen LogP contribution in [0.4, 0.5) is 0 Å². The first-order chi connectivity index (χ1) is 17.5. The van der Waals surface area contributed by atoms with Gasteiger partial charge in [0, 0.05) is 12.1 Å². The van der Waals surface area contributed by atoms with E-state index < -0.39 is 12.0 Å². The molecule has 1 fully saturated rings. The van der Waals surface area contributed by atoms with E-state index in [0.29, 0.717) is 36.4 Å². The number of ether oxygens (including phenoxy) is 3. The average Bonchev–Trinajstić information content (AvgIpc) is 3.39. The molecule has 1 saturated heterocycles. The number of amides is 1. The van der Waals surface area contributed by atoms with Crippen LogP contribution in [0.2, 0.25) is 0 Å². The fourth-order valence-corrected chi connectivity index (χ4v) is 4.25. The Morgan fingerprint density at radius 2 is 1.47 bits per heavy atom. The van der Waals surface area contributed by atoms with E-state index in [4.69, 9.17) is 14.2 Å². The molecule has 0 unspecified atom stereocenters. The van der Waals surface area contributed by atoms with Crippen molar-refractivity contribution in [1.29, 1.82) is 0 Å². The predicted octanol–water partition coefficient (Wildman–Crippen LogP) is 5.81. The molecule has 0 spiro atoms. The van der Waals surface area contributed by atoms with Gasteiger partial charge >= 0.3 is 11.9 Å². The maximum Gasteiger partial charge on any atom is 0.343 e. The van der Waals surface area contributed by atoms with Crippen LogP contribution in [-0.4, -0.2) is 48.5 Å². The molecule has 0 bridgehead atoms. The van der Waals surface area contributed by atoms with Gasteiger partial charge in [0.25, 0.3) is 5.91 Å². The van der Waals surface area contributed by atoms with E-state index in [2.05, 4.69) is 6.92 Å². The van der Waals surface area contributed by atoms with Crippen LogP contribution in [0.25, 0.3) is 0 Å². The second kappa shape index (κ2) is 14.3. The van der Waals surface area contributed by atoms with E-state index in [1.807, 2.05) is 0 Å². The number of rotatable bonds is 13. The zero-order chi connectivity index (χ0) is 25.8. The van der Waals surface area contributed by atoms with Crippen LogP contribution in [-0.2, 0) is 9.53 Å². The normalized spacial score (nSPS) is 14.9. The van der Waals surface area contributed by atoms with Crippen molar-refractivity contribution in [3.8, 4) is 11.5 Å². The molecule has 0 N–H and O–H groups in total. The summed E-state index contributed by atoms with van der Waals surface area (Å²) in [4.78, 5) is 39.1. The number of unbranched alkanes of at least 4 members (excludes halogenated alkanes) is 5. The third kappa shape index (κ3) is 7.83. The van der Waals surface area contributed by atoms with Gasteiger partial charge in [0.15, 0.2) is 0 Å². The van der Waals surface area contributed by atoms with E-state index >= 15 is 0 Å². The van der Waals surface area contributed by atoms with E-state index in [1.54, 1.807) is 60.4 Å². The highest BCUT2D eigenvalue weighted by molar-refractivity contribution is 5.97. The molecule has 2 aromatic rings. The summed E-state index contributed by atoms with van der Waals surface area (Å²) in [5.41, 5.74) is 0.842. The Kier molecular flexibility index (Phi) is 10.8. The average molecular weight is 496 g/mol. The van der Waals surface area contributed by atoms with Crippen molar-refractivity contribution < 1.29 is 28.6 Å². The summed E-state index contributed by atoms with van der Waals surface area (Å²) in [6.45, 7) is 5.42. The van der Waals surface area contributed by atoms with Crippen molar-refractivity contribution in [3.05, 3.63) is 59.7 Å². The third-order valence-electron chi connectivity index (χ3n) is 6.24. The van der Waals surface area contributed by atoms with Gasteiger partial charge in [-0.05, 0) is 74.7 Å². The minimum atomic E-state index is -0.548. The maximum atomic E-state index is 12.9. The summed E-state index contributed by atoms with van der Waals surface area (Å²) >= 11 is 0. The molecule has 0 saturated carbocycles. The molecular formula is C29H37NO6. The van der Waals surface area contributed by atoms with Crippen LogP contribution >= 0.6 is 0 Å². The first-order valence-corrected chi connectivity index (χ1v) is 13.1. The van der Waals surface area contributed by atoms with E-state index in [1.165, 1.54) is 32.1 Å². The van der Waals surface area contributed by atoms with E-state index in [9.17, 15) is 14.4 Å². The molecule has 0 aromatic heterocycles. The lowest BCUT2D eigenvalue weighted by Crippen LogP contribution is -2.41. The number of likely N-dealkylation sites (tertiary alicyclic amines) is 1. The number of carbonyl (C=O) groups excluding carboxylic acids is 3. The molecule has 0 aliphatic carbocycles. The van der Waals surface area contributed by atoms with Crippen molar-refractivity contribution in [3.63, 3.8) is 0 Å². The van der Waals surface area contributed by atoms with E-state index in [0.717, 1.165) is 18.6 Å². The third-order valence-corrected chi connectivity index (χ3v) is 6.24. The number of nitrogens with zero attached hydrogens (tertiary/aromatic N) is 1. The van der Waals surface area contributed by atoms with Gasteiger partial charge in [-0.1, -0.05) is 39.0 Å². The van der Waals surface area contributed by atoms with Crippen LogP contribution in [0.5, 0.6) is 11.5 Å². The number of hydrogen-bond acceptors (Lipinski definition) is 6. The van der Waals surface area contributed by atoms with Gasteiger partial charge in [0.1, 0.15) is 17.5 Å². The Hall–Kier alpha value is -3.35. The molecule has 7 heteroatoms. The Balaban J connectivity index is 1.48. The largest absolute Gasteiger partial charge is 0.494 e. The Morgan fingerprint density at radius 3 is 2.17 bits per heavy atom. The van der Waals surface area contributed by atoms with Gasteiger partial charge in [-0.3, -0.25) is 4.79 Å². The molecule has 1 atom stereocenters. The molecule has 1 heterocycles. The number of hydrogen-bond donors (Lipinski definition) is 0. The number of benzene rings is 2. The SMILES string of the molecule is CCCCCCCCOc1ccc(C(=O)Oc2ccc(C(=O)N3CCC[C@H]3C(=O)OCC)cc2)cc1.